The highest BCUT2D eigenvalue weighted by atomic mass is 32.2. The van der Waals surface area contributed by atoms with Crippen LogP contribution in [0.3, 0.4) is 0 Å². The molecule has 0 aliphatic heterocycles. The number of fused-ring (bicyclic) bond motifs is 1. The number of aromatic amines is 1. The predicted molar refractivity (Wildman–Crippen MR) is 201 cm³/mol. The third-order valence-electron chi connectivity index (χ3n) is 8.60. The molecule has 0 aliphatic carbocycles. The predicted octanol–water partition coefficient (Wildman–Crippen LogP) is 5.44. The fraction of sp³-hybridized carbons (Fsp3) is 0.154. The normalized spacial score (nSPS) is 12.5. The number of benzene rings is 5. The van der Waals surface area contributed by atoms with Crippen LogP contribution in [0.1, 0.15) is 35.3 Å². The van der Waals surface area contributed by atoms with Gasteiger partial charge < -0.3 is 4.74 Å². The molecule has 280 valence electrons. The van der Waals surface area contributed by atoms with Gasteiger partial charge in [0.1, 0.15) is 22.3 Å². The molecule has 0 aliphatic rings. The number of methoxy groups -OCH3 is 1. The maximum absolute atomic E-state index is 13.4. The third-order valence-corrected chi connectivity index (χ3v) is 11.4. The highest BCUT2D eigenvalue weighted by Crippen LogP contribution is 2.29. The van der Waals surface area contributed by atoms with E-state index < -0.39 is 43.3 Å². The second-order valence-electron chi connectivity index (χ2n) is 12.4. The molecule has 0 fully saturated rings. The summed E-state index contributed by atoms with van der Waals surface area (Å²) in [5.74, 6) is -0.222. The molecular weight excluding hydrogens is 747 g/mol. The smallest absolute Gasteiger partial charge is 0.348 e. The number of nitrogens with zero attached hydrogens (tertiary/aromatic N) is 4. The first-order valence-corrected chi connectivity index (χ1v) is 19.6. The largest absolute Gasteiger partial charge is 0.496 e. The average molecular weight is 780 g/mol. The minimum atomic E-state index is -4.64. The Hall–Kier alpha value is -6.23. The molecule has 1 atom stereocenters. The molecule has 55 heavy (non-hydrogen) atoms. The van der Waals surface area contributed by atoms with Crippen LogP contribution in [0.5, 0.6) is 5.75 Å². The number of azo groups is 1. The summed E-state index contributed by atoms with van der Waals surface area (Å²) in [4.78, 5) is 48.2. The summed E-state index contributed by atoms with van der Waals surface area (Å²) >= 11 is 0. The van der Waals surface area contributed by atoms with Gasteiger partial charge in [-0.1, -0.05) is 66.7 Å². The lowest BCUT2D eigenvalue weighted by molar-refractivity contribution is -0.127. The van der Waals surface area contributed by atoms with Gasteiger partial charge in [0.15, 0.2) is 17.6 Å². The van der Waals surface area contributed by atoms with Crippen molar-refractivity contribution in [3.63, 3.8) is 0 Å². The van der Waals surface area contributed by atoms with Crippen molar-refractivity contribution in [3.05, 3.63) is 148 Å². The minimum Gasteiger partial charge on any atom is -0.496 e. The fourth-order valence-electron chi connectivity index (χ4n) is 5.98. The summed E-state index contributed by atoms with van der Waals surface area (Å²) in [6, 6.07) is 27.0. The number of sulfone groups is 1. The van der Waals surface area contributed by atoms with Crippen LogP contribution in [0.25, 0.3) is 10.8 Å². The topological polar surface area (TPSA) is 215 Å². The van der Waals surface area contributed by atoms with Crippen LogP contribution in [0, 0.1) is 0 Å². The standard InChI is InChI=1S/C39H33N5O9S2/c1-24(45)37(33(46)22-27-8-4-6-10-34(27)53-2)44-43-29-15-19-31(20-16-29)54(48,49)30-17-11-25(12-18-30)21-35-40-36(42-39(47)41-35)23-28-14-13-26-7-3-5-9-32(26)38(28)55(50,51)52/h3-20,37H,21-23H2,1-2H3,(H,50,51,52)(H,40,41,42,47). The number of ketones is 2. The molecule has 6 rings (SSSR count). The molecule has 0 radical (unpaired) electrons. The van der Waals surface area contributed by atoms with Crippen molar-refractivity contribution in [2.45, 2.75) is 46.9 Å². The zero-order valence-electron chi connectivity index (χ0n) is 29.4. The van der Waals surface area contributed by atoms with Crippen molar-refractivity contribution in [2.24, 2.45) is 10.2 Å². The molecule has 6 aromatic rings. The first-order valence-electron chi connectivity index (χ1n) is 16.7. The minimum absolute atomic E-state index is 0.00452. The van der Waals surface area contributed by atoms with E-state index in [4.69, 9.17) is 4.74 Å². The van der Waals surface area contributed by atoms with E-state index in [0.717, 1.165) is 0 Å². The first-order chi connectivity index (χ1) is 26.2. The van der Waals surface area contributed by atoms with E-state index in [1.807, 2.05) is 0 Å². The Labute approximate surface area is 315 Å². The number of carbonyl (C=O) groups excluding carboxylic acids is 2. The summed E-state index contributed by atoms with van der Waals surface area (Å²) in [7, 11) is -7.12. The Balaban J connectivity index is 1.15. The highest BCUT2D eigenvalue weighted by Gasteiger charge is 2.25. The zero-order valence-corrected chi connectivity index (χ0v) is 31.0. The van der Waals surface area contributed by atoms with Gasteiger partial charge in [-0.05, 0) is 65.9 Å². The number of nitrogens with one attached hydrogen (secondary N) is 1. The van der Waals surface area contributed by atoms with Gasteiger partial charge in [0, 0.05) is 30.2 Å². The van der Waals surface area contributed by atoms with E-state index in [-0.39, 0.29) is 56.8 Å². The van der Waals surface area contributed by atoms with Crippen LogP contribution < -0.4 is 10.4 Å². The summed E-state index contributed by atoms with van der Waals surface area (Å²) in [6.07, 6.45) is -0.155. The average Bonchev–Trinajstić information content (AvgIpc) is 3.14. The zero-order chi connectivity index (χ0) is 39.3. The van der Waals surface area contributed by atoms with Gasteiger partial charge in [0.25, 0.3) is 10.1 Å². The number of aromatic nitrogens is 3. The summed E-state index contributed by atoms with van der Waals surface area (Å²) in [5, 5.41) is 8.91. The van der Waals surface area contributed by atoms with Crippen LogP contribution in [-0.2, 0) is 48.8 Å². The molecule has 0 spiro atoms. The Kier molecular flexibility index (Phi) is 11.2. The van der Waals surface area contributed by atoms with Gasteiger partial charge in [-0.3, -0.25) is 19.1 Å². The third kappa shape index (κ3) is 8.95. The molecule has 0 amide bonds. The van der Waals surface area contributed by atoms with Crippen LogP contribution in [0.2, 0.25) is 0 Å². The number of hydrogen-bond acceptors (Lipinski definition) is 12. The van der Waals surface area contributed by atoms with Gasteiger partial charge in [-0.2, -0.15) is 23.6 Å². The lowest BCUT2D eigenvalue weighted by Crippen LogP contribution is -2.27. The van der Waals surface area contributed by atoms with Crippen LogP contribution >= 0.6 is 0 Å². The number of ether oxygens (including phenoxy) is 1. The van der Waals surface area contributed by atoms with Gasteiger partial charge in [0.05, 0.1) is 22.6 Å². The summed E-state index contributed by atoms with van der Waals surface area (Å²) in [6.45, 7) is 1.24. The number of para-hydroxylation sites is 1. The van der Waals surface area contributed by atoms with Crippen LogP contribution in [0.15, 0.2) is 139 Å². The van der Waals surface area contributed by atoms with E-state index in [0.29, 0.717) is 27.6 Å². The molecule has 2 N–H and O–H groups in total. The van der Waals surface area contributed by atoms with Crippen molar-refractivity contribution in [1.29, 1.82) is 0 Å². The van der Waals surface area contributed by atoms with E-state index in [9.17, 15) is 35.8 Å². The second-order valence-corrected chi connectivity index (χ2v) is 15.8. The van der Waals surface area contributed by atoms with Crippen molar-refractivity contribution in [3.8, 4) is 5.75 Å². The number of Topliss-reactive ketones (excluding diaryl/α,β-unsaturated/α-hetero) is 2. The highest BCUT2D eigenvalue weighted by molar-refractivity contribution is 7.91. The number of carbonyl (C=O) groups is 2. The summed E-state index contributed by atoms with van der Waals surface area (Å²) in [5.41, 5.74) is 0.939. The lowest BCUT2D eigenvalue weighted by atomic mass is 10.0. The maximum Gasteiger partial charge on any atom is 0.348 e. The number of hydrogen-bond donors (Lipinski definition) is 2. The molecule has 14 nitrogen and oxygen atoms in total. The van der Waals surface area contributed by atoms with Crippen LogP contribution in [-0.4, -0.2) is 61.1 Å². The second kappa shape index (κ2) is 16.0. The number of H-pyrrole nitrogens is 1. The van der Waals surface area contributed by atoms with E-state index in [1.54, 1.807) is 66.7 Å². The van der Waals surface area contributed by atoms with Crippen LogP contribution in [0.4, 0.5) is 5.69 Å². The van der Waals surface area contributed by atoms with Crippen molar-refractivity contribution < 1.29 is 35.7 Å². The van der Waals surface area contributed by atoms with Gasteiger partial charge in [-0.25, -0.2) is 18.2 Å². The maximum atomic E-state index is 13.4. The molecule has 1 aromatic heterocycles. The lowest BCUT2D eigenvalue weighted by Gasteiger charge is -2.11. The van der Waals surface area contributed by atoms with Gasteiger partial charge >= 0.3 is 5.69 Å². The first kappa shape index (κ1) is 38.5. The van der Waals surface area contributed by atoms with E-state index in [2.05, 4.69) is 25.2 Å². The molecule has 5 aromatic carbocycles. The number of rotatable bonds is 14. The molecule has 1 unspecified atom stereocenters. The molecule has 16 heteroatoms. The van der Waals surface area contributed by atoms with Crippen molar-refractivity contribution in [1.82, 2.24) is 15.0 Å². The van der Waals surface area contributed by atoms with Crippen molar-refractivity contribution in [2.75, 3.05) is 7.11 Å². The molecule has 0 bridgehead atoms. The molecule has 1 heterocycles. The Bertz CT molecular complexity index is 2730. The Morgan fingerprint density at radius 1 is 0.800 bits per heavy atom. The summed E-state index contributed by atoms with van der Waals surface area (Å²) < 4.78 is 66.9. The van der Waals surface area contributed by atoms with Gasteiger partial charge in [-0.15, -0.1) is 0 Å². The molecular formula is C39H33N5O9S2. The van der Waals surface area contributed by atoms with Gasteiger partial charge in [0.2, 0.25) is 9.84 Å². The Morgan fingerprint density at radius 2 is 1.45 bits per heavy atom. The fourth-order valence-corrected chi connectivity index (χ4v) is 8.18. The van der Waals surface area contributed by atoms with E-state index in [1.165, 1.54) is 56.5 Å². The monoisotopic (exact) mass is 779 g/mol. The quantitative estimate of drug-likeness (QED) is 0.0806. The van der Waals surface area contributed by atoms with E-state index >= 15 is 0 Å². The Morgan fingerprint density at radius 3 is 2.13 bits per heavy atom. The van der Waals surface area contributed by atoms with Crippen molar-refractivity contribution >= 4 is 48.0 Å². The molecule has 0 saturated heterocycles. The SMILES string of the molecule is COc1ccccc1CC(=O)C(N=Nc1ccc(S(=O)(=O)c2ccc(Cc3nc(Cc4ccc5ccccc5c4S(=O)(=O)O)nc(=O)[nH]3)cc2)cc1)C(C)=O. The molecule has 0 saturated carbocycles.